The molecule has 0 N–H and O–H groups in total. The second-order valence-corrected chi connectivity index (χ2v) is 2.33. The standard InChI is InChI=1S/C7H8NO3/c9-5-1-4-8-6(10)2-3-7(8)11/h1-4H2. The topological polar surface area (TPSA) is 54.5 Å². The van der Waals surface area contributed by atoms with E-state index in [-0.39, 0.29) is 37.6 Å². The molecule has 2 amide bonds. The monoisotopic (exact) mass is 154 g/mol. The van der Waals surface area contributed by atoms with Gasteiger partial charge in [-0.3, -0.25) is 19.3 Å². The maximum atomic E-state index is 10.9. The number of imide groups is 1. The molecule has 0 unspecified atom stereocenters. The van der Waals surface area contributed by atoms with Crippen molar-refractivity contribution in [3.63, 3.8) is 0 Å². The van der Waals surface area contributed by atoms with Gasteiger partial charge in [-0.1, -0.05) is 0 Å². The van der Waals surface area contributed by atoms with Crippen LogP contribution < -0.4 is 0 Å². The van der Waals surface area contributed by atoms with E-state index in [9.17, 15) is 14.4 Å². The highest BCUT2D eigenvalue weighted by molar-refractivity contribution is 6.02. The quantitative estimate of drug-likeness (QED) is 0.521. The maximum absolute atomic E-state index is 10.9. The van der Waals surface area contributed by atoms with Crippen molar-refractivity contribution in [1.29, 1.82) is 0 Å². The minimum atomic E-state index is -0.176. The van der Waals surface area contributed by atoms with Crippen LogP contribution in [0.3, 0.4) is 0 Å². The number of nitrogens with zero attached hydrogens (tertiary/aromatic N) is 1. The third kappa shape index (κ3) is 1.63. The van der Waals surface area contributed by atoms with Crippen molar-refractivity contribution in [2.24, 2.45) is 0 Å². The zero-order valence-corrected chi connectivity index (χ0v) is 6.00. The lowest BCUT2D eigenvalue weighted by molar-refractivity contribution is -0.138. The minimum Gasteiger partial charge on any atom is -0.291 e. The van der Waals surface area contributed by atoms with Gasteiger partial charge in [0.05, 0.1) is 0 Å². The first kappa shape index (κ1) is 7.91. The fourth-order valence-corrected chi connectivity index (χ4v) is 1.03. The van der Waals surface area contributed by atoms with Gasteiger partial charge in [-0.25, -0.2) is 0 Å². The Morgan fingerprint density at radius 2 is 1.82 bits per heavy atom. The van der Waals surface area contributed by atoms with Crippen LogP contribution in [0.2, 0.25) is 0 Å². The molecule has 4 heteroatoms. The number of carbonyl (C=O) groups excluding carboxylic acids is 3. The van der Waals surface area contributed by atoms with Crippen molar-refractivity contribution in [3.05, 3.63) is 0 Å². The first-order valence-electron chi connectivity index (χ1n) is 3.44. The molecular weight excluding hydrogens is 146 g/mol. The van der Waals surface area contributed by atoms with Crippen molar-refractivity contribution in [2.75, 3.05) is 6.54 Å². The van der Waals surface area contributed by atoms with Crippen LogP contribution in [0.5, 0.6) is 0 Å². The van der Waals surface area contributed by atoms with Crippen molar-refractivity contribution in [3.8, 4) is 0 Å². The average molecular weight is 154 g/mol. The number of hydrogen-bond acceptors (Lipinski definition) is 3. The fraction of sp³-hybridized carbons (Fsp3) is 0.571. The Morgan fingerprint density at radius 1 is 1.27 bits per heavy atom. The third-order valence-electron chi connectivity index (χ3n) is 1.59. The van der Waals surface area contributed by atoms with Gasteiger partial charge in [0, 0.05) is 25.8 Å². The molecule has 1 rings (SSSR count). The van der Waals surface area contributed by atoms with E-state index in [1.165, 1.54) is 0 Å². The Hall–Kier alpha value is -1.19. The molecule has 0 saturated carbocycles. The van der Waals surface area contributed by atoms with E-state index in [4.69, 9.17) is 0 Å². The molecule has 0 spiro atoms. The SMILES string of the molecule is O=[C]CCN1C(=O)CCC1=O. The third-order valence-corrected chi connectivity index (χ3v) is 1.59. The molecule has 0 aromatic heterocycles. The van der Waals surface area contributed by atoms with Crippen LogP contribution in [0, 0.1) is 0 Å². The normalized spacial score (nSPS) is 17.6. The van der Waals surface area contributed by atoms with Gasteiger partial charge in [0.25, 0.3) is 0 Å². The molecule has 1 saturated heterocycles. The molecule has 0 aromatic rings. The summed E-state index contributed by atoms with van der Waals surface area (Å²) in [5, 5.41) is 0. The van der Waals surface area contributed by atoms with Gasteiger partial charge in [-0.05, 0) is 0 Å². The Labute approximate surface area is 64.2 Å². The first-order chi connectivity index (χ1) is 5.25. The summed E-state index contributed by atoms with van der Waals surface area (Å²) in [6.07, 6.45) is 2.34. The summed E-state index contributed by atoms with van der Waals surface area (Å²) in [6.45, 7) is 0.196. The van der Waals surface area contributed by atoms with Crippen LogP contribution in [-0.2, 0) is 14.4 Å². The highest BCUT2D eigenvalue weighted by Crippen LogP contribution is 2.10. The molecule has 1 fully saturated rings. The minimum absolute atomic E-state index is 0.122. The van der Waals surface area contributed by atoms with E-state index in [2.05, 4.69) is 0 Å². The summed E-state index contributed by atoms with van der Waals surface area (Å²) < 4.78 is 0. The van der Waals surface area contributed by atoms with Crippen molar-refractivity contribution in [1.82, 2.24) is 4.90 Å². The number of likely N-dealkylation sites (tertiary alicyclic amines) is 1. The smallest absolute Gasteiger partial charge is 0.229 e. The average Bonchev–Trinajstić information content (AvgIpc) is 2.29. The van der Waals surface area contributed by atoms with Gasteiger partial charge in [0.2, 0.25) is 11.8 Å². The van der Waals surface area contributed by atoms with Crippen molar-refractivity contribution >= 4 is 18.1 Å². The van der Waals surface area contributed by atoms with Gasteiger partial charge in [0.15, 0.2) is 6.29 Å². The Kier molecular flexibility index (Phi) is 2.36. The van der Waals surface area contributed by atoms with Crippen LogP contribution in [0.1, 0.15) is 19.3 Å². The number of amides is 2. The lowest BCUT2D eigenvalue weighted by atomic mass is 10.4. The molecule has 11 heavy (non-hydrogen) atoms. The summed E-state index contributed by atoms with van der Waals surface area (Å²) >= 11 is 0. The molecule has 4 nitrogen and oxygen atoms in total. The Morgan fingerprint density at radius 3 is 2.27 bits per heavy atom. The van der Waals surface area contributed by atoms with Crippen molar-refractivity contribution < 1.29 is 14.4 Å². The predicted octanol–water partition coefficient (Wildman–Crippen LogP) is -0.365. The summed E-state index contributed by atoms with van der Waals surface area (Å²) in [5.41, 5.74) is 0. The molecule has 0 aliphatic carbocycles. The zero-order chi connectivity index (χ0) is 8.27. The van der Waals surface area contributed by atoms with Crippen LogP contribution in [-0.4, -0.2) is 29.5 Å². The molecule has 1 heterocycles. The highest BCUT2D eigenvalue weighted by atomic mass is 16.2. The van der Waals surface area contributed by atoms with Gasteiger partial charge in [-0.2, -0.15) is 0 Å². The van der Waals surface area contributed by atoms with E-state index in [0.29, 0.717) is 0 Å². The van der Waals surface area contributed by atoms with Crippen LogP contribution in [0.4, 0.5) is 0 Å². The zero-order valence-electron chi connectivity index (χ0n) is 6.00. The van der Waals surface area contributed by atoms with Gasteiger partial charge in [0.1, 0.15) is 0 Å². The van der Waals surface area contributed by atoms with Gasteiger partial charge >= 0.3 is 0 Å². The molecule has 1 aliphatic rings. The molecule has 1 radical (unpaired) electrons. The summed E-state index contributed by atoms with van der Waals surface area (Å²) in [4.78, 5) is 32.6. The molecule has 0 aromatic carbocycles. The molecule has 59 valence electrons. The lowest BCUT2D eigenvalue weighted by Crippen LogP contribution is -2.30. The number of carbonyl (C=O) groups is 2. The fourth-order valence-electron chi connectivity index (χ4n) is 1.03. The summed E-state index contributed by atoms with van der Waals surface area (Å²) in [7, 11) is 0. The lowest BCUT2D eigenvalue weighted by Gasteiger charge is -2.09. The maximum Gasteiger partial charge on any atom is 0.229 e. The molecule has 1 aliphatic heterocycles. The van der Waals surface area contributed by atoms with E-state index < -0.39 is 0 Å². The predicted molar refractivity (Wildman–Crippen MR) is 36.3 cm³/mol. The summed E-state index contributed by atoms with van der Waals surface area (Å²) in [5.74, 6) is -0.351. The summed E-state index contributed by atoms with van der Waals surface area (Å²) in [6, 6.07) is 0. The van der Waals surface area contributed by atoms with Gasteiger partial charge < -0.3 is 0 Å². The van der Waals surface area contributed by atoms with Crippen molar-refractivity contribution in [2.45, 2.75) is 19.3 Å². The Bertz CT molecular complexity index is 184. The van der Waals surface area contributed by atoms with Crippen LogP contribution in [0.15, 0.2) is 0 Å². The van der Waals surface area contributed by atoms with E-state index >= 15 is 0 Å². The van der Waals surface area contributed by atoms with E-state index in [1.54, 1.807) is 6.29 Å². The molecule has 0 bridgehead atoms. The number of hydrogen-bond donors (Lipinski definition) is 0. The second kappa shape index (κ2) is 3.27. The second-order valence-electron chi connectivity index (χ2n) is 2.33. The largest absolute Gasteiger partial charge is 0.291 e. The first-order valence-corrected chi connectivity index (χ1v) is 3.44. The van der Waals surface area contributed by atoms with Gasteiger partial charge in [-0.15, -0.1) is 0 Å². The molecule has 0 atom stereocenters. The highest BCUT2D eigenvalue weighted by Gasteiger charge is 2.27. The van der Waals surface area contributed by atoms with Crippen LogP contribution >= 0.6 is 0 Å². The number of rotatable bonds is 3. The van der Waals surface area contributed by atoms with Crippen LogP contribution in [0.25, 0.3) is 0 Å². The Balaban J connectivity index is 2.47. The van der Waals surface area contributed by atoms with E-state index in [0.717, 1.165) is 4.90 Å². The van der Waals surface area contributed by atoms with E-state index in [1.807, 2.05) is 0 Å². The molecular formula is C7H8NO3.